The zero-order valence-electron chi connectivity index (χ0n) is 19.2. The number of halogens is 2. The van der Waals surface area contributed by atoms with Gasteiger partial charge in [-0.2, -0.15) is 0 Å². The number of rotatable bonds is 5. The molecule has 3 amide bonds. The summed E-state index contributed by atoms with van der Waals surface area (Å²) in [6, 6.07) is 7.54. The Bertz CT molecular complexity index is 1240. The Labute approximate surface area is 196 Å². The monoisotopic (exact) mass is 492 g/mol. The van der Waals surface area contributed by atoms with Crippen LogP contribution in [-0.2, 0) is 24.2 Å². The van der Waals surface area contributed by atoms with Gasteiger partial charge in [0.25, 0.3) is 0 Å². The molecule has 10 heteroatoms. The lowest BCUT2D eigenvalue weighted by atomic mass is 9.89. The number of hydrogen-bond acceptors (Lipinski definition) is 5. The molecule has 3 rings (SSSR count). The lowest BCUT2D eigenvalue weighted by molar-refractivity contribution is -0.133. The lowest BCUT2D eigenvalue weighted by Crippen LogP contribution is -2.37. The van der Waals surface area contributed by atoms with Gasteiger partial charge in [0.1, 0.15) is 5.82 Å². The highest BCUT2D eigenvalue weighted by atomic mass is 32.2. The average molecular weight is 493 g/mol. The quantitative estimate of drug-likeness (QED) is 0.613. The first-order valence-electron chi connectivity index (χ1n) is 10.7. The number of piperidine rings is 1. The number of imide groups is 1. The van der Waals surface area contributed by atoms with Crippen molar-refractivity contribution in [3.05, 3.63) is 59.2 Å². The molecule has 0 radical (unpaired) electrons. The van der Waals surface area contributed by atoms with E-state index in [0.717, 1.165) is 0 Å². The zero-order valence-corrected chi connectivity index (χ0v) is 20.1. The number of hydrogen-bond donors (Lipinski definition) is 2. The summed E-state index contributed by atoms with van der Waals surface area (Å²) in [5.41, 5.74) is -0.503. The van der Waals surface area contributed by atoms with Crippen molar-refractivity contribution in [3.8, 4) is 0 Å². The van der Waals surface area contributed by atoms with Crippen molar-refractivity contribution >= 4 is 33.2 Å². The second-order valence-electron chi connectivity index (χ2n) is 9.40. The number of carbonyl (C=O) groups is 3. The van der Waals surface area contributed by atoms with E-state index in [1.165, 1.54) is 19.1 Å². The van der Waals surface area contributed by atoms with Crippen molar-refractivity contribution < 1.29 is 31.6 Å². The Morgan fingerprint density at radius 2 is 1.62 bits per heavy atom. The van der Waals surface area contributed by atoms with Crippen LogP contribution in [0.4, 0.5) is 14.5 Å². The van der Waals surface area contributed by atoms with E-state index >= 15 is 0 Å². The van der Waals surface area contributed by atoms with Crippen LogP contribution in [0.1, 0.15) is 62.8 Å². The Morgan fingerprint density at radius 1 is 1.06 bits per heavy atom. The van der Waals surface area contributed by atoms with Crippen molar-refractivity contribution in [1.29, 1.82) is 0 Å². The molecule has 1 aliphatic heterocycles. The van der Waals surface area contributed by atoms with Crippen LogP contribution in [-0.4, -0.2) is 26.1 Å². The molecule has 1 fully saturated rings. The fourth-order valence-electron chi connectivity index (χ4n) is 3.62. The van der Waals surface area contributed by atoms with Crippen LogP contribution in [0, 0.1) is 17.0 Å². The van der Waals surface area contributed by atoms with Gasteiger partial charge in [-0.25, -0.2) is 17.2 Å². The van der Waals surface area contributed by atoms with Crippen molar-refractivity contribution in [2.75, 3.05) is 5.32 Å². The Morgan fingerprint density at radius 3 is 2.15 bits per heavy atom. The summed E-state index contributed by atoms with van der Waals surface area (Å²) in [4.78, 5) is 35.0. The Kier molecular flexibility index (Phi) is 6.93. The third kappa shape index (κ3) is 5.32. The predicted molar refractivity (Wildman–Crippen MR) is 122 cm³/mol. The topological polar surface area (TPSA) is 109 Å². The van der Waals surface area contributed by atoms with Gasteiger partial charge in [-0.3, -0.25) is 19.7 Å². The van der Waals surface area contributed by atoms with Crippen LogP contribution in [0.25, 0.3) is 0 Å². The van der Waals surface area contributed by atoms with Gasteiger partial charge in [0, 0.05) is 30.2 Å². The van der Waals surface area contributed by atoms with Gasteiger partial charge < -0.3 is 5.32 Å². The van der Waals surface area contributed by atoms with Crippen LogP contribution in [0.3, 0.4) is 0 Å². The minimum absolute atomic E-state index is 0.137. The normalized spacial score (nSPS) is 16.2. The van der Waals surface area contributed by atoms with Crippen LogP contribution in [0.2, 0.25) is 0 Å². The van der Waals surface area contributed by atoms with Crippen molar-refractivity contribution in [1.82, 2.24) is 5.32 Å². The molecular formula is C24H26F2N2O5S. The van der Waals surface area contributed by atoms with E-state index in [0.29, 0.717) is 23.3 Å². The number of anilines is 1. The van der Waals surface area contributed by atoms with Gasteiger partial charge in [0.15, 0.2) is 15.7 Å². The minimum atomic E-state index is -4.33. The van der Waals surface area contributed by atoms with Crippen LogP contribution in [0.15, 0.2) is 41.3 Å². The van der Waals surface area contributed by atoms with E-state index in [1.807, 2.05) is 0 Å². The summed E-state index contributed by atoms with van der Waals surface area (Å²) in [7, 11) is -4.33. The van der Waals surface area contributed by atoms with Crippen LogP contribution < -0.4 is 10.6 Å². The first-order chi connectivity index (χ1) is 15.7. The molecule has 0 bridgehead atoms. The van der Waals surface area contributed by atoms with Gasteiger partial charge in [0.05, 0.1) is 15.8 Å². The van der Waals surface area contributed by atoms with Gasteiger partial charge in [-0.15, -0.1) is 0 Å². The van der Waals surface area contributed by atoms with E-state index in [2.05, 4.69) is 10.6 Å². The lowest BCUT2D eigenvalue weighted by Gasteiger charge is -2.23. The highest BCUT2D eigenvalue weighted by Crippen LogP contribution is 2.36. The first kappa shape index (κ1) is 25.5. The molecule has 1 heterocycles. The summed E-state index contributed by atoms with van der Waals surface area (Å²) in [6.45, 7) is 6.10. The van der Waals surface area contributed by atoms with Crippen molar-refractivity contribution in [2.24, 2.45) is 5.41 Å². The number of sulfone groups is 1. The number of amides is 3. The minimum Gasteiger partial charge on any atom is -0.322 e. The maximum Gasteiger partial charge on any atom is 0.229 e. The predicted octanol–water partition coefficient (Wildman–Crippen LogP) is 4.00. The van der Waals surface area contributed by atoms with Crippen molar-refractivity contribution in [3.63, 3.8) is 0 Å². The van der Waals surface area contributed by atoms with Gasteiger partial charge in [-0.1, -0.05) is 45.0 Å². The fraction of sp³-hybridized carbons (Fsp3) is 0.375. The number of benzene rings is 2. The fourth-order valence-corrected chi connectivity index (χ4v) is 5.22. The number of carbonyl (C=O) groups excluding carboxylic acids is 3. The molecular weight excluding hydrogens is 466 g/mol. The zero-order chi connectivity index (χ0) is 25.4. The molecule has 1 aliphatic rings. The van der Waals surface area contributed by atoms with E-state index in [-0.39, 0.29) is 30.6 Å². The maximum atomic E-state index is 14.6. The molecule has 2 N–H and O–H groups in total. The molecule has 0 aliphatic carbocycles. The van der Waals surface area contributed by atoms with Crippen LogP contribution >= 0.6 is 0 Å². The average Bonchev–Trinajstić information content (AvgIpc) is 2.73. The highest BCUT2D eigenvalue weighted by molar-refractivity contribution is 7.91. The highest BCUT2D eigenvalue weighted by Gasteiger charge is 2.33. The SMILES string of the molecule is CC(c1ccc(C2CC(=O)NC(=O)C2)cc1)S(=O)(=O)c1cc(F)cc(F)c1NC(=O)C(C)(C)C. The standard InChI is InChI=1S/C24H26F2N2O5S/c1-13(14-5-7-15(8-6-14)16-9-20(29)27-21(30)10-16)34(32,33)19-12-17(25)11-18(26)22(19)28-23(31)24(2,3)4/h5-8,11-13,16H,9-10H2,1-4H3,(H,28,31)(H,27,29,30). The molecule has 1 atom stereocenters. The van der Waals surface area contributed by atoms with E-state index in [4.69, 9.17) is 0 Å². The molecule has 0 saturated carbocycles. The molecule has 0 aromatic heterocycles. The Balaban J connectivity index is 1.95. The van der Waals surface area contributed by atoms with E-state index in [9.17, 15) is 31.6 Å². The molecule has 0 spiro atoms. The maximum absolute atomic E-state index is 14.6. The van der Waals surface area contributed by atoms with Crippen LogP contribution in [0.5, 0.6) is 0 Å². The van der Waals surface area contributed by atoms with Gasteiger partial charge in [-0.05, 0) is 24.1 Å². The third-order valence-corrected chi connectivity index (χ3v) is 7.87. The largest absolute Gasteiger partial charge is 0.322 e. The smallest absolute Gasteiger partial charge is 0.229 e. The number of nitrogens with one attached hydrogen (secondary N) is 2. The molecule has 182 valence electrons. The third-order valence-electron chi connectivity index (χ3n) is 5.73. The summed E-state index contributed by atoms with van der Waals surface area (Å²) in [5, 5.41) is 3.32. The van der Waals surface area contributed by atoms with E-state index < -0.39 is 48.6 Å². The van der Waals surface area contributed by atoms with Gasteiger partial charge >= 0.3 is 0 Å². The van der Waals surface area contributed by atoms with Crippen molar-refractivity contribution in [2.45, 2.75) is 56.6 Å². The van der Waals surface area contributed by atoms with Gasteiger partial charge in [0.2, 0.25) is 17.7 Å². The second-order valence-corrected chi connectivity index (χ2v) is 11.6. The second kappa shape index (κ2) is 9.25. The molecule has 1 saturated heterocycles. The summed E-state index contributed by atoms with van der Waals surface area (Å²) in [6.07, 6.45) is 0.274. The Hall–Kier alpha value is -3.14. The first-order valence-corrected chi connectivity index (χ1v) is 12.2. The summed E-state index contributed by atoms with van der Waals surface area (Å²) >= 11 is 0. The molecule has 2 aromatic carbocycles. The van der Waals surface area contributed by atoms with E-state index in [1.54, 1.807) is 32.9 Å². The summed E-state index contributed by atoms with van der Waals surface area (Å²) in [5.74, 6) is -3.98. The molecule has 34 heavy (non-hydrogen) atoms. The molecule has 2 aromatic rings. The summed E-state index contributed by atoms with van der Waals surface area (Å²) < 4.78 is 55.4. The molecule has 7 nitrogen and oxygen atoms in total. The molecule has 1 unspecified atom stereocenters.